The van der Waals surface area contributed by atoms with Crippen molar-refractivity contribution in [3.8, 4) is 0 Å². The van der Waals surface area contributed by atoms with Crippen LogP contribution in [0.25, 0.3) is 11.1 Å². The van der Waals surface area contributed by atoms with Crippen molar-refractivity contribution in [3.63, 3.8) is 0 Å². The van der Waals surface area contributed by atoms with Crippen LogP contribution in [0.4, 0.5) is 8.78 Å². The predicted octanol–water partition coefficient (Wildman–Crippen LogP) is 4.21. The number of carbonyl (C=O) groups excluding carboxylic acids is 1. The third-order valence-electron chi connectivity index (χ3n) is 5.52. The lowest BCUT2D eigenvalue weighted by Gasteiger charge is -2.25. The number of halogens is 2. The van der Waals surface area contributed by atoms with Crippen LogP contribution in [0.15, 0.2) is 33.7 Å². The van der Waals surface area contributed by atoms with E-state index in [-0.39, 0.29) is 12.4 Å². The summed E-state index contributed by atoms with van der Waals surface area (Å²) in [6.07, 6.45) is 0.580. The molecule has 0 unspecified atom stereocenters. The van der Waals surface area contributed by atoms with Crippen molar-refractivity contribution in [2.45, 2.75) is 52.7 Å². The summed E-state index contributed by atoms with van der Waals surface area (Å²) in [5, 5.41) is 9.86. The molecule has 4 aromatic rings. The first kappa shape index (κ1) is 23.6. The van der Waals surface area contributed by atoms with Crippen molar-refractivity contribution in [2.24, 2.45) is 0 Å². The summed E-state index contributed by atoms with van der Waals surface area (Å²) in [6.45, 7) is 7.32. The van der Waals surface area contributed by atoms with E-state index in [2.05, 4.69) is 26.0 Å². The summed E-state index contributed by atoms with van der Waals surface area (Å²) in [6, 6.07) is 4.10. The molecule has 34 heavy (non-hydrogen) atoms. The molecule has 0 saturated carbocycles. The van der Waals surface area contributed by atoms with Crippen molar-refractivity contribution in [1.82, 2.24) is 24.8 Å². The number of aliphatic hydroxyl groups is 1. The lowest BCUT2D eigenvalue weighted by molar-refractivity contribution is 0.0447. The molecule has 4 heterocycles. The van der Waals surface area contributed by atoms with Gasteiger partial charge in [-0.05, 0) is 38.8 Å². The highest BCUT2D eigenvalue weighted by atomic mass is 19.3. The summed E-state index contributed by atoms with van der Waals surface area (Å²) in [7, 11) is 0. The van der Waals surface area contributed by atoms with Crippen LogP contribution in [0.3, 0.4) is 0 Å². The van der Waals surface area contributed by atoms with E-state index in [0.717, 1.165) is 28.1 Å². The number of benzene rings is 1. The number of amides is 1. The van der Waals surface area contributed by atoms with Crippen LogP contribution < -0.4 is 0 Å². The average molecular weight is 473 g/mol. The fourth-order valence-electron chi connectivity index (χ4n) is 3.64. The first-order valence-corrected chi connectivity index (χ1v) is 10.7. The van der Waals surface area contributed by atoms with Gasteiger partial charge in [0.2, 0.25) is 11.7 Å². The van der Waals surface area contributed by atoms with E-state index < -0.39 is 29.4 Å². The molecule has 11 heteroatoms. The van der Waals surface area contributed by atoms with Gasteiger partial charge in [-0.1, -0.05) is 12.1 Å². The molecule has 0 spiro atoms. The standard InChI is InChI=1S/C14H16F2N4O3.C9H9NO/c1-14(2,22)13-19-9(11(15)16)10(23-13)12(21)20-4-3-7-8(5-20)18-6-17-7;1-6-3-4-7(2)9-8(6)10-5-11-9/h6,11,22H,3-5H2,1-2H3,(H,17,18);3-5H,1-2H3. The zero-order chi connectivity index (χ0) is 24.6. The van der Waals surface area contributed by atoms with Gasteiger partial charge in [-0.15, -0.1) is 0 Å². The molecule has 180 valence electrons. The van der Waals surface area contributed by atoms with Gasteiger partial charge >= 0.3 is 0 Å². The lowest BCUT2D eigenvalue weighted by Crippen LogP contribution is -2.36. The monoisotopic (exact) mass is 473 g/mol. The van der Waals surface area contributed by atoms with Crippen LogP contribution in [0.5, 0.6) is 0 Å². The van der Waals surface area contributed by atoms with E-state index in [1.807, 2.05) is 19.9 Å². The molecule has 0 bridgehead atoms. The Morgan fingerprint density at radius 3 is 2.65 bits per heavy atom. The van der Waals surface area contributed by atoms with Gasteiger partial charge in [0.1, 0.15) is 11.1 Å². The number of aromatic amines is 1. The molecule has 0 saturated heterocycles. The zero-order valence-electron chi connectivity index (χ0n) is 19.2. The van der Waals surface area contributed by atoms with Gasteiger partial charge in [-0.2, -0.15) is 0 Å². The number of hydrogen-bond acceptors (Lipinski definition) is 7. The number of carbonyl (C=O) groups is 1. The van der Waals surface area contributed by atoms with Crippen molar-refractivity contribution >= 4 is 17.0 Å². The summed E-state index contributed by atoms with van der Waals surface area (Å²) in [5.74, 6) is -1.51. The van der Waals surface area contributed by atoms with E-state index in [1.165, 1.54) is 37.0 Å². The fourth-order valence-corrected chi connectivity index (χ4v) is 3.64. The highest BCUT2D eigenvalue weighted by Gasteiger charge is 2.35. The molecule has 2 N–H and O–H groups in total. The number of hydrogen-bond donors (Lipinski definition) is 2. The number of rotatable bonds is 3. The van der Waals surface area contributed by atoms with Gasteiger partial charge in [0, 0.05) is 13.0 Å². The van der Waals surface area contributed by atoms with Crippen LogP contribution in [0.2, 0.25) is 0 Å². The molecule has 1 aliphatic rings. The minimum atomic E-state index is -2.97. The molecule has 5 rings (SSSR count). The van der Waals surface area contributed by atoms with Gasteiger partial charge in [0.25, 0.3) is 12.3 Å². The first-order valence-electron chi connectivity index (χ1n) is 10.7. The number of aryl methyl sites for hydroxylation is 2. The quantitative estimate of drug-likeness (QED) is 0.457. The molecular weight excluding hydrogens is 448 g/mol. The van der Waals surface area contributed by atoms with E-state index in [1.54, 1.807) is 0 Å². The summed E-state index contributed by atoms with van der Waals surface area (Å²) in [5.41, 5.74) is 3.52. The lowest BCUT2D eigenvalue weighted by atomic mass is 10.1. The number of alkyl halides is 2. The van der Waals surface area contributed by atoms with Crippen LogP contribution >= 0.6 is 0 Å². The second-order valence-electron chi connectivity index (χ2n) is 8.63. The molecule has 3 aromatic heterocycles. The van der Waals surface area contributed by atoms with Crippen molar-refractivity contribution in [3.05, 3.63) is 64.7 Å². The predicted molar refractivity (Wildman–Crippen MR) is 117 cm³/mol. The maximum Gasteiger partial charge on any atom is 0.292 e. The molecule has 1 aliphatic heterocycles. The topological polar surface area (TPSA) is 121 Å². The molecule has 9 nitrogen and oxygen atoms in total. The van der Waals surface area contributed by atoms with Gasteiger partial charge in [0.05, 0.1) is 24.3 Å². The number of H-pyrrole nitrogens is 1. The van der Waals surface area contributed by atoms with E-state index >= 15 is 0 Å². The SMILES string of the molecule is CC(C)(O)c1nc(C(F)F)c(C(=O)N2CCc3nc[nH]c3C2)o1.Cc1ccc(C)c2ocnc12. The smallest absolute Gasteiger partial charge is 0.292 e. The van der Waals surface area contributed by atoms with Crippen LogP contribution in [-0.2, 0) is 18.6 Å². The third-order valence-corrected chi connectivity index (χ3v) is 5.52. The van der Waals surface area contributed by atoms with Gasteiger partial charge in [-0.25, -0.2) is 23.7 Å². The Labute approximate surface area is 193 Å². The molecule has 0 radical (unpaired) electrons. The number of imidazole rings is 1. The Hall–Kier alpha value is -3.60. The maximum absolute atomic E-state index is 13.2. The Balaban J connectivity index is 0.000000207. The van der Waals surface area contributed by atoms with Crippen molar-refractivity contribution in [1.29, 1.82) is 0 Å². The Morgan fingerprint density at radius 2 is 1.97 bits per heavy atom. The molecule has 0 atom stereocenters. The number of aromatic nitrogens is 4. The Bertz CT molecular complexity index is 1280. The highest BCUT2D eigenvalue weighted by molar-refractivity contribution is 5.92. The van der Waals surface area contributed by atoms with Crippen LogP contribution in [0, 0.1) is 13.8 Å². The number of fused-ring (bicyclic) bond motifs is 2. The van der Waals surface area contributed by atoms with Crippen LogP contribution in [0.1, 0.15) is 64.9 Å². The third kappa shape index (κ3) is 4.56. The summed E-state index contributed by atoms with van der Waals surface area (Å²) in [4.78, 5) is 28.7. The van der Waals surface area contributed by atoms with Crippen molar-refractivity contribution in [2.75, 3.05) is 6.54 Å². The zero-order valence-corrected chi connectivity index (χ0v) is 19.2. The average Bonchev–Trinajstić information content (AvgIpc) is 3.54. The van der Waals surface area contributed by atoms with E-state index in [4.69, 9.17) is 8.83 Å². The van der Waals surface area contributed by atoms with E-state index in [9.17, 15) is 18.7 Å². The van der Waals surface area contributed by atoms with Gasteiger partial charge in [-0.3, -0.25) is 4.79 Å². The number of nitrogens with one attached hydrogen (secondary N) is 1. The molecule has 1 amide bonds. The highest BCUT2D eigenvalue weighted by Crippen LogP contribution is 2.30. The largest absolute Gasteiger partial charge is 0.443 e. The number of nitrogens with zero attached hydrogens (tertiary/aromatic N) is 4. The summed E-state index contributed by atoms with van der Waals surface area (Å²) < 4.78 is 36.7. The maximum atomic E-state index is 13.2. The van der Waals surface area contributed by atoms with E-state index in [0.29, 0.717) is 13.0 Å². The van der Waals surface area contributed by atoms with Crippen molar-refractivity contribution < 1.29 is 27.5 Å². The second kappa shape index (κ2) is 8.98. The molecule has 1 aromatic carbocycles. The molecular formula is C23H25F2N5O4. The Morgan fingerprint density at radius 1 is 1.24 bits per heavy atom. The molecule has 0 fully saturated rings. The summed E-state index contributed by atoms with van der Waals surface area (Å²) >= 11 is 0. The second-order valence-corrected chi connectivity index (χ2v) is 8.63. The van der Waals surface area contributed by atoms with Crippen LogP contribution in [-0.4, -0.2) is 42.4 Å². The Kier molecular flexibility index (Phi) is 6.22. The normalized spacial score (nSPS) is 13.7. The molecule has 0 aliphatic carbocycles. The fraction of sp³-hybridized carbons (Fsp3) is 0.391. The van der Waals surface area contributed by atoms with Gasteiger partial charge in [0.15, 0.2) is 17.7 Å². The number of oxazole rings is 2. The minimum absolute atomic E-state index is 0.232. The minimum Gasteiger partial charge on any atom is -0.443 e. The van der Waals surface area contributed by atoms with Gasteiger partial charge < -0.3 is 23.8 Å². The first-order chi connectivity index (χ1) is 16.1.